The van der Waals surface area contributed by atoms with E-state index in [-0.39, 0.29) is 17.0 Å². The molecule has 1 aromatic carbocycles. The fourth-order valence-corrected chi connectivity index (χ4v) is 5.18. The van der Waals surface area contributed by atoms with E-state index in [0.717, 1.165) is 50.0 Å². The predicted molar refractivity (Wildman–Crippen MR) is 113 cm³/mol. The van der Waals surface area contributed by atoms with E-state index >= 15 is 0 Å². The molecule has 0 saturated carbocycles. The number of sulfonamides is 1. The minimum atomic E-state index is -3.69. The molecule has 3 heterocycles. The Morgan fingerprint density at radius 3 is 2.55 bits per heavy atom. The van der Waals surface area contributed by atoms with Crippen molar-refractivity contribution in [3.63, 3.8) is 0 Å². The molecule has 1 unspecified atom stereocenters. The van der Waals surface area contributed by atoms with Crippen LogP contribution in [-0.4, -0.2) is 51.0 Å². The highest BCUT2D eigenvalue weighted by molar-refractivity contribution is 7.89. The molecule has 2 fully saturated rings. The summed E-state index contributed by atoms with van der Waals surface area (Å²) in [6.07, 6.45) is 4.97. The number of carbonyl (C=O) groups is 1. The zero-order valence-electron chi connectivity index (χ0n) is 17.4. The number of furan rings is 1. The van der Waals surface area contributed by atoms with E-state index in [2.05, 4.69) is 5.32 Å². The molecule has 1 N–H and O–H groups in total. The first-order valence-corrected chi connectivity index (χ1v) is 12.2. The highest BCUT2D eigenvalue weighted by Crippen LogP contribution is 2.22. The molecule has 1 atom stereocenters. The molecule has 0 spiro atoms. The van der Waals surface area contributed by atoms with Crippen molar-refractivity contribution in [2.75, 3.05) is 26.3 Å². The highest BCUT2D eigenvalue weighted by Gasteiger charge is 2.29. The molecular weight excluding hydrogens is 420 g/mol. The number of ether oxygens (including phenoxy) is 2. The van der Waals surface area contributed by atoms with Gasteiger partial charge in [0.25, 0.3) is 15.9 Å². The summed E-state index contributed by atoms with van der Waals surface area (Å²) < 4.78 is 43.4. The molecule has 168 valence electrons. The van der Waals surface area contributed by atoms with Gasteiger partial charge in [-0.3, -0.25) is 4.79 Å². The Bertz CT molecular complexity index is 974. The van der Waals surface area contributed by atoms with Gasteiger partial charge in [-0.15, -0.1) is 0 Å². The third-order valence-electron chi connectivity index (χ3n) is 5.55. The van der Waals surface area contributed by atoms with Crippen LogP contribution in [-0.2, 0) is 21.3 Å². The molecule has 2 aromatic rings. The van der Waals surface area contributed by atoms with Gasteiger partial charge in [-0.2, -0.15) is 4.31 Å². The predicted octanol–water partition coefficient (Wildman–Crippen LogP) is 2.94. The number of hydrogen-bond acceptors (Lipinski definition) is 6. The Morgan fingerprint density at radius 2 is 1.84 bits per heavy atom. The van der Waals surface area contributed by atoms with Gasteiger partial charge in [0.1, 0.15) is 12.4 Å². The van der Waals surface area contributed by atoms with Crippen LogP contribution in [0.15, 0.2) is 45.9 Å². The van der Waals surface area contributed by atoms with Crippen molar-refractivity contribution in [3.8, 4) is 5.75 Å². The summed E-state index contributed by atoms with van der Waals surface area (Å²) in [6, 6.07) is 10.2. The molecule has 1 amide bonds. The molecule has 2 aliphatic rings. The SMILES string of the molecule is O=C(NCc1ccc(OCC2CCCO2)cc1)c1ccc(S(=O)(=O)N2CCCCC2)o1. The lowest BCUT2D eigenvalue weighted by atomic mass is 10.2. The van der Waals surface area contributed by atoms with Gasteiger partial charge in [-0.25, -0.2) is 8.42 Å². The second kappa shape index (κ2) is 9.84. The van der Waals surface area contributed by atoms with Gasteiger partial charge in [0, 0.05) is 26.2 Å². The molecule has 31 heavy (non-hydrogen) atoms. The van der Waals surface area contributed by atoms with Crippen molar-refractivity contribution in [1.29, 1.82) is 0 Å². The van der Waals surface area contributed by atoms with Gasteiger partial charge < -0.3 is 19.2 Å². The highest BCUT2D eigenvalue weighted by atomic mass is 32.2. The van der Waals surface area contributed by atoms with E-state index in [4.69, 9.17) is 13.9 Å². The van der Waals surface area contributed by atoms with Crippen molar-refractivity contribution >= 4 is 15.9 Å². The van der Waals surface area contributed by atoms with Crippen LogP contribution in [0.1, 0.15) is 48.2 Å². The lowest BCUT2D eigenvalue weighted by Gasteiger charge is -2.24. The first kappa shape index (κ1) is 21.9. The zero-order valence-corrected chi connectivity index (χ0v) is 18.2. The summed E-state index contributed by atoms with van der Waals surface area (Å²) in [7, 11) is -3.69. The molecule has 4 rings (SSSR count). The van der Waals surface area contributed by atoms with Crippen LogP contribution in [0.3, 0.4) is 0 Å². The maximum absolute atomic E-state index is 12.7. The standard InChI is InChI=1S/C22H28N2O6S/c25-22(20-10-11-21(30-20)31(26,27)24-12-2-1-3-13-24)23-15-17-6-8-18(9-7-17)29-16-19-5-4-14-28-19/h6-11,19H,1-5,12-16H2,(H,23,25). The van der Waals surface area contributed by atoms with Gasteiger partial charge in [-0.1, -0.05) is 18.6 Å². The van der Waals surface area contributed by atoms with E-state index in [0.29, 0.717) is 26.2 Å². The van der Waals surface area contributed by atoms with Gasteiger partial charge in [0.15, 0.2) is 5.76 Å². The molecule has 0 radical (unpaired) electrons. The molecule has 9 heteroatoms. The average molecular weight is 449 g/mol. The van der Waals surface area contributed by atoms with Crippen LogP contribution in [0.4, 0.5) is 0 Å². The first-order chi connectivity index (χ1) is 15.0. The smallest absolute Gasteiger partial charge is 0.287 e. The summed E-state index contributed by atoms with van der Waals surface area (Å²) in [6.45, 7) is 2.60. The van der Waals surface area contributed by atoms with Crippen molar-refractivity contribution in [1.82, 2.24) is 9.62 Å². The zero-order chi connectivity index (χ0) is 21.7. The Labute approximate surface area is 182 Å². The number of nitrogens with zero attached hydrogens (tertiary/aromatic N) is 1. The summed E-state index contributed by atoms with van der Waals surface area (Å²) in [5, 5.41) is 2.57. The largest absolute Gasteiger partial charge is 0.491 e. The second-order valence-corrected chi connectivity index (χ2v) is 9.72. The number of nitrogens with one attached hydrogen (secondary N) is 1. The maximum Gasteiger partial charge on any atom is 0.287 e. The lowest BCUT2D eigenvalue weighted by Crippen LogP contribution is -2.35. The number of amides is 1. The molecule has 0 bridgehead atoms. The van der Waals surface area contributed by atoms with Crippen LogP contribution in [0.25, 0.3) is 0 Å². The molecular formula is C22H28N2O6S. The Hall–Kier alpha value is -2.36. The van der Waals surface area contributed by atoms with E-state index in [1.807, 2.05) is 24.3 Å². The first-order valence-electron chi connectivity index (χ1n) is 10.7. The minimum absolute atomic E-state index is 0.0212. The second-order valence-electron chi connectivity index (χ2n) is 7.86. The van der Waals surface area contributed by atoms with Gasteiger partial charge in [-0.05, 0) is 55.5 Å². The Balaban J connectivity index is 1.28. The van der Waals surface area contributed by atoms with Gasteiger partial charge >= 0.3 is 0 Å². The number of benzene rings is 1. The van der Waals surface area contributed by atoms with Gasteiger partial charge in [0.2, 0.25) is 5.09 Å². The fourth-order valence-electron chi connectivity index (χ4n) is 3.75. The molecule has 0 aliphatic carbocycles. The lowest BCUT2D eigenvalue weighted by molar-refractivity contribution is 0.0679. The molecule has 2 saturated heterocycles. The van der Waals surface area contributed by atoms with E-state index in [1.54, 1.807) is 0 Å². The van der Waals surface area contributed by atoms with Crippen molar-refractivity contribution in [2.45, 2.75) is 49.8 Å². The van der Waals surface area contributed by atoms with E-state index in [1.165, 1.54) is 16.4 Å². The van der Waals surface area contributed by atoms with Crippen LogP contribution >= 0.6 is 0 Å². The molecule has 8 nitrogen and oxygen atoms in total. The van der Waals surface area contributed by atoms with Crippen molar-refractivity contribution < 1.29 is 27.1 Å². The summed E-state index contributed by atoms with van der Waals surface area (Å²) in [5.74, 6) is 0.273. The van der Waals surface area contributed by atoms with E-state index in [9.17, 15) is 13.2 Å². The van der Waals surface area contributed by atoms with Crippen LogP contribution in [0, 0.1) is 0 Å². The Kier molecular flexibility index (Phi) is 6.94. The van der Waals surface area contributed by atoms with Crippen LogP contribution in [0.5, 0.6) is 5.75 Å². The van der Waals surface area contributed by atoms with Gasteiger partial charge in [0.05, 0.1) is 6.10 Å². The normalized spacial score (nSPS) is 19.9. The summed E-state index contributed by atoms with van der Waals surface area (Å²) in [5.41, 5.74) is 0.894. The number of piperidine rings is 1. The Morgan fingerprint density at radius 1 is 1.06 bits per heavy atom. The monoisotopic (exact) mass is 448 g/mol. The van der Waals surface area contributed by atoms with Crippen LogP contribution in [0.2, 0.25) is 0 Å². The number of hydrogen-bond donors (Lipinski definition) is 1. The molecule has 2 aliphatic heterocycles. The number of carbonyl (C=O) groups excluding carboxylic acids is 1. The summed E-state index contributed by atoms with van der Waals surface area (Å²) >= 11 is 0. The topological polar surface area (TPSA) is 98.1 Å². The van der Waals surface area contributed by atoms with Crippen molar-refractivity contribution in [3.05, 3.63) is 47.7 Å². The average Bonchev–Trinajstić information content (AvgIpc) is 3.50. The number of rotatable bonds is 8. The third kappa shape index (κ3) is 5.47. The quantitative estimate of drug-likeness (QED) is 0.667. The third-order valence-corrected chi connectivity index (χ3v) is 7.32. The summed E-state index contributed by atoms with van der Waals surface area (Å²) in [4.78, 5) is 12.4. The minimum Gasteiger partial charge on any atom is -0.491 e. The maximum atomic E-state index is 12.7. The molecule has 1 aromatic heterocycles. The van der Waals surface area contributed by atoms with Crippen LogP contribution < -0.4 is 10.1 Å². The fraction of sp³-hybridized carbons (Fsp3) is 0.500. The van der Waals surface area contributed by atoms with Crippen molar-refractivity contribution in [2.24, 2.45) is 0 Å². The van der Waals surface area contributed by atoms with E-state index < -0.39 is 15.9 Å².